The molecular formula is C27H25N5O4. The second-order valence-electron chi connectivity index (χ2n) is 8.20. The number of amides is 1. The van der Waals surface area contributed by atoms with E-state index < -0.39 is 5.56 Å². The zero-order valence-electron chi connectivity index (χ0n) is 19.6. The van der Waals surface area contributed by atoms with Gasteiger partial charge in [-0.3, -0.25) is 14.4 Å². The van der Waals surface area contributed by atoms with E-state index in [2.05, 4.69) is 25.8 Å². The van der Waals surface area contributed by atoms with Crippen molar-refractivity contribution in [1.29, 1.82) is 0 Å². The van der Waals surface area contributed by atoms with E-state index >= 15 is 0 Å². The Morgan fingerprint density at radius 3 is 2.50 bits per heavy atom. The Hall–Kier alpha value is -4.63. The lowest BCUT2D eigenvalue weighted by molar-refractivity contribution is 0.0943. The van der Waals surface area contributed by atoms with E-state index in [1.807, 2.05) is 55.5 Å². The van der Waals surface area contributed by atoms with Gasteiger partial charge >= 0.3 is 0 Å². The van der Waals surface area contributed by atoms with Gasteiger partial charge in [-0.2, -0.15) is 5.10 Å². The third-order valence-electron chi connectivity index (χ3n) is 5.45. The number of hydrogen-bond acceptors (Lipinski definition) is 7. The van der Waals surface area contributed by atoms with Crippen LogP contribution in [0.2, 0.25) is 0 Å². The molecule has 4 N–H and O–H groups in total. The van der Waals surface area contributed by atoms with E-state index in [0.29, 0.717) is 22.6 Å². The first-order chi connectivity index (χ1) is 17.4. The van der Waals surface area contributed by atoms with Crippen LogP contribution in [0.25, 0.3) is 11.3 Å². The highest BCUT2D eigenvalue weighted by molar-refractivity contribution is 5.97. The molecule has 0 aliphatic carbocycles. The number of pyridine rings is 1. The second-order valence-corrected chi connectivity index (χ2v) is 8.20. The van der Waals surface area contributed by atoms with E-state index in [1.54, 1.807) is 18.2 Å². The first-order valence-corrected chi connectivity index (χ1v) is 11.3. The number of rotatable bonds is 9. The fourth-order valence-electron chi connectivity index (χ4n) is 3.53. The monoisotopic (exact) mass is 483 g/mol. The minimum Gasteiger partial charge on any atom is -0.395 e. The van der Waals surface area contributed by atoms with Crippen molar-refractivity contribution in [1.82, 2.24) is 20.5 Å². The van der Waals surface area contributed by atoms with Gasteiger partial charge < -0.3 is 15.7 Å². The normalized spacial score (nSPS) is 10.6. The largest absolute Gasteiger partial charge is 0.395 e. The van der Waals surface area contributed by atoms with Crippen LogP contribution in [0.15, 0.2) is 77.7 Å². The Kier molecular flexibility index (Phi) is 7.62. The molecule has 0 fully saturated rings. The number of aromatic nitrogens is 3. The molecule has 1 amide bonds. The maximum Gasteiger partial charge on any atom is 0.287 e. The Morgan fingerprint density at radius 2 is 1.78 bits per heavy atom. The van der Waals surface area contributed by atoms with Crippen LogP contribution in [-0.4, -0.2) is 45.1 Å². The molecule has 0 bridgehead atoms. The van der Waals surface area contributed by atoms with E-state index in [0.717, 1.165) is 16.7 Å². The molecule has 36 heavy (non-hydrogen) atoms. The molecule has 4 aromatic rings. The molecule has 0 atom stereocenters. The van der Waals surface area contributed by atoms with Gasteiger partial charge in [-0.25, -0.2) is 10.1 Å². The number of Topliss-reactive ketones (excluding diaryl/α,β-unsaturated/α-hetero) is 1. The molecular weight excluding hydrogens is 458 g/mol. The molecule has 2 aromatic carbocycles. The molecule has 2 aromatic heterocycles. The highest BCUT2D eigenvalue weighted by Crippen LogP contribution is 2.21. The Morgan fingerprint density at radius 1 is 1.00 bits per heavy atom. The van der Waals surface area contributed by atoms with Crippen molar-refractivity contribution in [3.05, 3.63) is 106 Å². The van der Waals surface area contributed by atoms with Gasteiger partial charge in [0.05, 0.1) is 17.9 Å². The van der Waals surface area contributed by atoms with Crippen LogP contribution in [0.3, 0.4) is 0 Å². The number of ketones is 1. The summed E-state index contributed by atoms with van der Waals surface area (Å²) in [6, 6.07) is 19.7. The average Bonchev–Trinajstić information content (AvgIpc) is 2.89. The van der Waals surface area contributed by atoms with Gasteiger partial charge in [-0.05, 0) is 36.8 Å². The first kappa shape index (κ1) is 24.5. The van der Waals surface area contributed by atoms with Crippen molar-refractivity contribution in [2.24, 2.45) is 0 Å². The number of aliphatic hydroxyl groups excluding tert-OH is 1. The van der Waals surface area contributed by atoms with Crippen molar-refractivity contribution in [3.8, 4) is 11.3 Å². The number of carbonyl (C=O) groups excluding carboxylic acids is 2. The summed E-state index contributed by atoms with van der Waals surface area (Å²) in [5, 5.41) is 20.9. The number of anilines is 2. The van der Waals surface area contributed by atoms with Crippen LogP contribution >= 0.6 is 0 Å². The summed E-state index contributed by atoms with van der Waals surface area (Å²) in [4.78, 5) is 41.2. The summed E-state index contributed by atoms with van der Waals surface area (Å²) >= 11 is 0. The van der Waals surface area contributed by atoms with Crippen LogP contribution in [-0.2, 0) is 6.42 Å². The van der Waals surface area contributed by atoms with E-state index in [4.69, 9.17) is 5.11 Å². The van der Waals surface area contributed by atoms with Gasteiger partial charge in [0.25, 0.3) is 11.5 Å². The Balaban J connectivity index is 1.50. The number of aryl methyl sites for hydroxylation is 1. The third kappa shape index (κ3) is 6.08. The number of nitrogens with one attached hydrogen (secondary N) is 3. The quantitative estimate of drug-likeness (QED) is 0.269. The zero-order chi connectivity index (χ0) is 25.5. The van der Waals surface area contributed by atoms with Gasteiger partial charge in [0.1, 0.15) is 11.5 Å². The molecule has 0 aliphatic rings. The van der Waals surface area contributed by atoms with Crippen LogP contribution in [0, 0.1) is 6.92 Å². The van der Waals surface area contributed by atoms with Gasteiger partial charge in [-0.15, -0.1) is 0 Å². The van der Waals surface area contributed by atoms with E-state index in [1.165, 1.54) is 6.20 Å². The molecule has 0 spiro atoms. The van der Waals surface area contributed by atoms with Crippen LogP contribution < -0.4 is 16.2 Å². The summed E-state index contributed by atoms with van der Waals surface area (Å²) in [6.45, 7) is 1.97. The van der Waals surface area contributed by atoms with Crippen LogP contribution in [0.5, 0.6) is 0 Å². The number of nitrogens with zero attached hydrogens (tertiary/aromatic N) is 2. The lowest BCUT2D eigenvalue weighted by atomic mass is 10.00. The van der Waals surface area contributed by atoms with E-state index in [9.17, 15) is 14.4 Å². The molecule has 0 unspecified atom stereocenters. The summed E-state index contributed by atoms with van der Waals surface area (Å²) < 4.78 is 0. The van der Waals surface area contributed by atoms with Crippen molar-refractivity contribution in [2.45, 2.75) is 13.3 Å². The lowest BCUT2D eigenvalue weighted by Gasteiger charge is -2.09. The number of carbonyl (C=O) groups is 2. The predicted molar refractivity (Wildman–Crippen MR) is 136 cm³/mol. The summed E-state index contributed by atoms with van der Waals surface area (Å²) in [5.41, 5.74) is 3.96. The zero-order valence-corrected chi connectivity index (χ0v) is 19.6. The molecule has 182 valence electrons. The molecule has 0 aliphatic heterocycles. The molecule has 0 saturated carbocycles. The van der Waals surface area contributed by atoms with Gasteiger partial charge in [0.2, 0.25) is 0 Å². The van der Waals surface area contributed by atoms with Gasteiger partial charge in [0.15, 0.2) is 5.78 Å². The summed E-state index contributed by atoms with van der Waals surface area (Å²) in [5.74, 6) is 0.0326. The predicted octanol–water partition coefficient (Wildman–Crippen LogP) is 3.03. The number of benzene rings is 2. The average molecular weight is 484 g/mol. The molecule has 9 nitrogen and oxygen atoms in total. The minimum absolute atomic E-state index is 0.0171. The number of aliphatic hydroxyl groups is 1. The van der Waals surface area contributed by atoms with Crippen molar-refractivity contribution in [3.63, 3.8) is 0 Å². The maximum atomic E-state index is 12.7. The number of H-pyrrole nitrogens is 1. The second kappa shape index (κ2) is 11.2. The smallest absolute Gasteiger partial charge is 0.287 e. The van der Waals surface area contributed by atoms with Crippen LogP contribution in [0.1, 0.15) is 31.8 Å². The highest BCUT2D eigenvalue weighted by atomic mass is 16.3. The third-order valence-corrected chi connectivity index (χ3v) is 5.45. The SMILES string of the molecule is Cc1ccc(C(=O)Cc2cccc(-c3cc(Nc4ccc(C(=O)NCCO)cn4)c(=O)[nH]n3)c2)cc1. The Labute approximate surface area is 207 Å². The topological polar surface area (TPSA) is 137 Å². The number of aromatic amines is 1. The minimum atomic E-state index is -0.434. The number of hydrogen-bond donors (Lipinski definition) is 4. The molecule has 2 heterocycles. The van der Waals surface area contributed by atoms with Crippen molar-refractivity contribution < 1.29 is 14.7 Å². The maximum absolute atomic E-state index is 12.7. The Bertz CT molecular complexity index is 1430. The van der Waals surface area contributed by atoms with Crippen LogP contribution in [0.4, 0.5) is 11.5 Å². The van der Waals surface area contributed by atoms with Gasteiger partial charge in [0, 0.05) is 30.3 Å². The molecule has 9 heteroatoms. The fourth-order valence-corrected chi connectivity index (χ4v) is 3.53. The molecule has 0 saturated heterocycles. The fraction of sp³-hybridized carbons (Fsp3) is 0.148. The highest BCUT2D eigenvalue weighted by Gasteiger charge is 2.11. The van der Waals surface area contributed by atoms with Gasteiger partial charge in [-0.1, -0.05) is 48.0 Å². The van der Waals surface area contributed by atoms with Crippen molar-refractivity contribution >= 4 is 23.2 Å². The van der Waals surface area contributed by atoms with Crippen molar-refractivity contribution in [2.75, 3.05) is 18.5 Å². The van der Waals surface area contributed by atoms with E-state index in [-0.39, 0.29) is 37.0 Å². The lowest BCUT2D eigenvalue weighted by Crippen LogP contribution is -2.26. The molecule has 0 radical (unpaired) electrons. The molecule has 4 rings (SSSR count). The summed E-state index contributed by atoms with van der Waals surface area (Å²) in [7, 11) is 0. The summed E-state index contributed by atoms with van der Waals surface area (Å²) in [6.07, 6.45) is 1.62. The first-order valence-electron chi connectivity index (χ1n) is 11.3. The standard InChI is InChI=1S/C27H25N5O4/c1-17-5-7-19(8-6-17)24(34)14-18-3-2-4-20(13-18)22-15-23(27(36)32-31-22)30-25-10-9-21(16-29-25)26(35)28-11-12-33/h2-10,13,15-16,33H,11-12,14H2,1H3,(H,28,35)(H,32,36)(H,29,30,31).